The quantitative estimate of drug-likeness (QED) is 0.269. The van der Waals surface area contributed by atoms with Crippen molar-refractivity contribution in [1.82, 2.24) is 10.2 Å². The van der Waals surface area contributed by atoms with Gasteiger partial charge < -0.3 is 29.2 Å². The number of allylic oxidation sites excluding steroid dienone is 1. The minimum absolute atomic E-state index is 0.123. The van der Waals surface area contributed by atoms with Gasteiger partial charge in [-0.1, -0.05) is 32.9 Å². The van der Waals surface area contributed by atoms with Gasteiger partial charge in [-0.2, -0.15) is 0 Å². The number of alkyl carbamates (subject to hydrolysis) is 1. The van der Waals surface area contributed by atoms with Crippen molar-refractivity contribution in [3.63, 3.8) is 0 Å². The fourth-order valence-electron chi connectivity index (χ4n) is 4.88. The van der Waals surface area contributed by atoms with Crippen molar-refractivity contribution in [3.05, 3.63) is 12.2 Å². The molecule has 7 heteroatoms. The van der Waals surface area contributed by atoms with Crippen LogP contribution in [0, 0.1) is 23.7 Å². The fourth-order valence-corrected chi connectivity index (χ4v) is 4.88. The molecular weight excluding hydrogens is 432 g/mol. The van der Waals surface area contributed by atoms with Crippen LogP contribution < -0.4 is 5.32 Å². The number of aldehydes is 1. The lowest BCUT2D eigenvalue weighted by Gasteiger charge is -2.44. The molecule has 198 valence electrons. The average molecular weight is 483 g/mol. The summed E-state index contributed by atoms with van der Waals surface area (Å²) in [4.78, 5) is 25.5. The van der Waals surface area contributed by atoms with Crippen molar-refractivity contribution in [3.8, 4) is 0 Å². The number of nitrogens with zero attached hydrogens (tertiary/aromatic N) is 1. The topological polar surface area (TPSA) is 77.1 Å². The zero-order valence-corrected chi connectivity index (χ0v) is 23.1. The van der Waals surface area contributed by atoms with Crippen LogP contribution >= 0.6 is 0 Å². The molecule has 7 nitrogen and oxygen atoms in total. The molecule has 0 spiro atoms. The molecule has 0 heterocycles. The molecule has 1 N–H and O–H groups in total. The largest absolute Gasteiger partial charge is 0.444 e. The summed E-state index contributed by atoms with van der Waals surface area (Å²) in [6, 6.07) is 0.462. The number of likely N-dealkylation sites (N-methyl/N-ethyl adjacent to an activating group) is 1. The molecule has 1 amide bonds. The van der Waals surface area contributed by atoms with Gasteiger partial charge in [-0.15, -0.1) is 0 Å². The van der Waals surface area contributed by atoms with Crippen molar-refractivity contribution < 1.29 is 23.8 Å². The van der Waals surface area contributed by atoms with Gasteiger partial charge in [0.25, 0.3) is 0 Å². The third-order valence-corrected chi connectivity index (χ3v) is 6.98. The van der Waals surface area contributed by atoms with Crippen LogP contribution in [0.25, 0.3) is 0 Å². The Morgan fingerprint density at radius 1 is 1.18 bits per heavy atom. The highest BCUT2D eigenvalue weighted by atomic mass is 16.6. The predicted octanol–water partition coefficient (Wildman–Crippen LogP) is 4.70. The fraction of sp³-hybridized carbons (Fsp3) is 0.852. The van der Waals surface area contributed by atoms with Crippen molar-refractivity contribution in [1.29, 1.82) is 0 Å². The summed E-state index contributed by atoms with van der Waals surface area (Å²) in [7, 11) is 5.67. The van der Waals surface area contributed by atoms with Crippen LogP contribution in [0.3, 0.4) is 0 Å². The van der Waals surface area contributed by atoms with Gasteiger partial charge in [0.1, 0.15) is 11.9 Å². The maximum absolute atomic E-state index is 12.0. The first-order valence-electron chi connectivity index (χ1n) is 12.7. The van der Waals surface area contributed by atoms with E-state index in [1.165, 1.54) is 0 Å². The summed E-state index contributed by atoms with van der Waals surface area (Å²) in [6.45, 7) is 17.6. The Kier molecular flexibility index (Phi) is 12.8. The number of nitrogens with one attached hydrogen (secondary N) is 1. The molecule has 1 saturated carbocycles. The molecule has 0 saturated heterocycles. The second-order valence-electron chi connectivity index (χ2n) is 11.4. The molecule has 1 rings (SSSR count). The molecule has 1 fully saturated rings. The van der Waals surface area contributed by atoms with Crippen LogP contribution in [0.1, 0.15) is 67.2 Å². The van der Waals surface area contributed by atoms with Gasteiger partial charge >= 0.3 is 6.09 Å². The van der Waals surface area contributed by atoms with Crippen LogP contribution in [0.2, 0.25) is 0 Å². The van der Waals surface area contributed by atoms with Gasteiger partial charge in [0.2, 0.25) is 0 Å². The smallest absolute Gasteiger partial charge is 0.407 e. The Morgan fingerprint density at radius 3 is 2.29 bits per heavy atom. The van der Waals surface area contributed by atoms with Gasteiger partial charge in [0, 0.05) is 38.8 Å². The summed E-state index contributed by atoms with van der Waals surface area (Å²) in [6.07, 6.45) is 4.42. The van der Waals surface area contributed by atoms with Crippen LogP contribution in [0.5, 0.6) is 0 Å². The van der Waals surface area contributed by atoms with Gasteiger partial charge in [-0.05, 0) is 71.3 Å². The molecular formula is C27H50N2O5. The van der Waals surface area contributed by atoms with E-state index in [2.05, 4.69) is 37.7 Å². The number of carbonyl (C=O) groups excluding carboxylic acids is 2. The Bertz CT molecular complexity index is 641. The van der Waals surface area contributed by atoms with E-state index in [1.807, 2.05) is 27.7 Å². The molecule has 0 aliphatic heterocycles. The molecule has 0 aromatic carbocycles. The van der Waals surface area contributed by atoms with Gasteiger partial charge in [0.15, 0.2) is 0 Å². The van der Waals surface area contributed by atoms with Gasteiger partial charge in [-0.3, -0.25) is 0 Å². The first-order chi connectivity index (χ1) is 15.8. The summed E-state index contributed by atoms with van der Waals surface area (Å²) in [5.41, 5.74) is 0.488. The van der Waals surface area contributed by atoms with Crippen molar-refractivity contribution >= 4 is 12.4 Å². The van der Waals surface area contributed by atoms with E-state index in [0.717, 1.165) is 44.1 Å². The number of amides is 1. The summed E-state index contributed by atoms with van der Waals surface area (Å²) >= 11 is 0. The number of carbonyl (C=O) groups is 2. The van der Waals surface area contributed by atoms with E-state index in [9.17, 15) is 9.59 Å². The molecule has 1 aliphatic carbocycles. The molecule has 0 aromatic heterocycles. The summed E-state index contributed by atoms with van der Waals surface area (Å²) in [5, 5.41) is 2.99. The minimum atomic E-state index is -0.486. The zero-order valence-electron chi connectivity index (χ0n) is 23.1. The van der Waals surface area contributed by atoms with E-state index in [1.54, 1.807) is 14.2 Å². The normalized spacial score (nSPS) is 22.8. The van der Waals surface area contributed by atoms with E-state index >= 15 is 0 Å². The number of hydrogen-bond donors (Lipinski definition) is 1. The van der Waals surface area contributed by atoms with E-state index < -0.39 is 5.60 Å². The molecule has 0 radical (unpaired) electrons. The SMILES string of the molecule is C=C(C(C)C=O)[C@H](C)CC(C[C@@H](C)CN(C)C(COC)C1CC(NC(=O)OC(C)(C)C)C1)OC. The summed E-state index contributed by atoms with van der Waals surface area (Å²) < 4.78 is 16.7. The van der Waals surface area contributed by atoms with Crippen molar-refractivity contribution in [2.24, 2.45) is 23.7 Å². The lowest BCUT2D eigenvalue weighted by molar-refractivity contribution is -0.109. The second-order valence-corrected chi connectivity index (χ2v) is 11.4. The number of hydrogen-bond acceptors (Lipinski definition) is 6. The molecule has 1 aliphatic rings. The van der Waals surface area contributed by atoms with Crippen LogP contribution in [0.15, 0.2) is 12.2 Å². The van der Waals surface area contributed by atoms with Crippen molar-refractivity contribution in [2.75, 3.05) is 34.4 Å². The lowest BCUT2D eigenvalue weighted by atomic mass is 9.75. The average Bonchev–Trinajstić information content (AvgIpc) is 2.71. The Balaban J connectivity index is 2.55. The first-order valence-corrected chi connectivity index (χ1v) is 12.7. The molecule has 3 unspecified atom stereocenters. The standard InChI is InChI=1S/C27H50N2O5/c1-18(11-24(33-10)12-19(2)21(4)20(3)16-30)15-29(8)25(17-32-9)22-13-23(14-22)28-26(31)34-27(5,6)7/h16,18-20,22-25H,4,11-15,17H2,1-3,5-10H3,(H,28,31)/t18-,19-,20?,22?,23?,24?,25?/m1/s1. The Morgan fingerprint density at radius 2 is 1.79 bits per heavy atom. The number of rotatable bonds is 15. The Labute approximate surface area is 208 Å². The van der Waals surface area contributed by atoms with Crippen LogP contribution in [-0.2, 0) is 19.0 Å². The van der Waals surface area contributed by atoms with E-state index in [4.69, 9.17) is 14.2 Å². The second kappa shape index (κ2) is 14.2. The third kappa shape index (κ3) is 10.4. The predicted molar refractivity (Wildman–Crippen MR) is 137 cm³/mol. The van der Waals surface area contributed by atoms with Gasteiger partial charge in [-0.25, -0.2) is 4.79 Å². The highest BCUT2D eigenvalue weighted by molar-refractivity contribution is 5.68. The molecule has 5 atom stereocenters. The first kappa shape index (κ1) is 30.6. The lowest BCUT2D eigenvalue weighted by Crippen LogP contribution is -2.54. The third-order valence-electron chi connectivity index (χ3n) is 6.98. The van der Waals surface area contributed by atoms with E-state index in [-0.39, 0.29) is 30.1 Å². The van der Waals surface area contributed by atoms with E-state index in [0.29, 0.717) is 24.5 Å². The highest BCUT2D eigenvalue weighted by Gasteiger charge is 2.38. The number of ether oxygens (including phenoxy) is 3. The van der Waals surface area contributed by atoms with Crippen molar-refractivity contribution in [2.45, 2.75) is 91.0 Å². The molecule has 34 heavy (non-hydrogen) atoms. The zero-order chi connectivity index (χ0) is 26.1. The van der Waals surface area contributed by atoms with Crippen LogP contribution in [-0.4, -0.2) is 75.5 Å². The minimum Gasteiger partial charge on any atom is -0.444 e. The number of methoxy groups -OCH3 is 2. The highest BCUT2D eigenvalue weighted by Crippen LogP contribution is 2.34. The van der Waals surface area contributed by atoms with Gasteiger partial charge in [0.05, 0.1) is 12.7 Å². The van der Waals surface area contributed by atoms with Crippen LogP contribution in [0.4, 0.5) is 4.79 Å². The maximum Gasteiger partial charge on any atom is 0.407 e. The Hall–Kier alpha value is -1.44. The summed E-state index contributed by atoms with van der Waals surface area (Å²) in [5.74, 6) is 1.03. The molecule has 0 bridgehead atoms. The maximum atomic E-state index is 12.0. The monoisotopic (exact) mass is 482 g/mol. The molecule has 0 aromatic rings.